The van der Waals surface area contributed by atoms with Crippen molar-refractivity contribution in [3.63, 3.8) is 0 Å². The van der Waals surface area contributed by atoms with Crippen LogP contribution in [0.3, 0.4) is 0 Å². The fraction of sp³-hybridized carbons (Fsp3) is 0.435. The van der Waals surface area contributed by atoms with Gasteiger partial charge >= 0.3 is 0 Å². The van der Waals surface area contributed by atoms with Crippen LogP contribution in [0, 0.1) is 0 Å². The van der Waals surface area contributed by atoms with E-state index in [9.17, 15) is 21.6 Å². The van der Waals surface area contributed by atoms with Crippen molar-refractivity contribution >= 4 is 31.6 Å². The zero-order valence-corrected chi connectivity index (χ0v) is 20.9. The molecule has 1 N–H and O–H groups in total. The van der Waals surface area contributed by atoms with Crippen LogP contribution in [0.5, 0.6) is 0 Å². The van der Waals surface area contributed by atoms with E-state index in [1.165, 1.54) is 35.7 Å². The molecular weight excluding hydrogens is 478 g/mol. The summed E-state index contributed by atoms with van der Waals surface area (Å²) >= 11 is 0. The Kier molecular flexibility index (Phi) is 9.20. The Hall–Kier alpha value is -2.31. The summed E-state index contributed by atoms with van der Waals surface area (Å²) in [6, 6.07) is 13.9. The Morgan fingerprint density at radius 2 is 1.50 bits per heavy atom. The Balaban J connectivity index is 1.78. The Morgan fingerprint density at radius 3 is 2.09 bits per heavy atom. The molecule has 0 bridgehead atoms. The van der Waals surface area contributed by atoms with E-state index < -0.39 is 32.5 Å². The summed E-state index contributed by atoms with van der Waals surface area (Å²) in [6.07, 6.45) is 3.62. The van der Waals surface area contributed by atoms with Gasteiger partial charge in [0.05, 0.1) is 22.9 Å². The van der Waals surface area contributed by atoms with Crippen molar-refractivity contribution in [1.82, 2.24) is 8.61 Å². The number of nitrogens with zero attached hydrogens (tertiary/aromatic N) is 2. The molecule has 1 aliphatic heterocycles. The number of para-hydroxylation sites is 1. The first-order valence-electron chi connectivity index (χ1n) is 11.2. The number of rotatable bonds is 10. The van der Waals surface area contributed by atoms with E-state index >= 15 is 0 Å². The normalized spacial score (nSPS) is 15.7. The van der Waals surface area contributed by atoms with Crippen molar-refractivity contribution in [1.29, 1.82) is 0 Å². The van der Waals surface area contributed by atoms with Crippen LogP contribution in [0.4, 0.5) is 5.69 Å². The molecule has 0 unspecified atom stereocenters. The van der Waals surface area contributed by atoms with Crippen LogP contribution in [0.25, 0.3) is 0 Å². The fourth-order valence-electron chi connectivity index (χ4n) is 3.72. The minimum absolute atomic E-state index is 0.0329. The van der Waals surface area contributed by atoms with Gasteiger partial charge in [0.15, 0.2) is 0 Å². The van der Waals surface area contributed by atoms with Crippen LogP contribution in [0.2, 0.25) is 0 Å². The van der Waals surface area contributed by atoms with Gasteiger partial charge in [-0.3, -0.25) is 4.79 Å². The lowest BCUT2D eigenvalue weighted by Crippen LogP contribution is -2.40. The molecular formula is C23H31N3O6S2. The monoisotopic (exact) mass is 509 g/mol. The summed E-state index contributed by atoms with van der Waals surface area (Å²) in [5.41, 5.74) is 0.555. The fourth-order valence-corrected chi connectivity index (χ4v) is 6.62. The maximum absolute atomic E-state index is 13.3. The first-order chi connectivity index (χ1) is 16.2. The smallest absolute Gasteiger partial charge is 0.243 e. The van der Waals surface area contributed by atoms with Crippen LogP contribution in [0.1, 0.15) is 25.7 Å². The number of nitrogens with one attached hydrogen (secondary N) is 1. The lowest BCUT2D eigenvalue weighted by atomic mass is 10.2. The molecule has 11 heteroatoms. The molecule has 186 valence electrons. The number of carbonyl (C=O) groups excluding carboxylic acids is 1. The van der Waals surface area contributed by atoms with Gasteiger partial charge in [0.2, 0.25) is 26.0 Å². The molecule has 0 radical (unpaired) electrons. The molecule has 0 saturated carbocycles. The highest BCUT2D eigenvalue weighted by molar-refractivity contribution is 7.89. The van der Waals surface area contributed by atoms with E-state index in [4.69, 9.17) is 4.74 Å². The maximum Gasteiger partial charge on any atom is 0.243 e. The number of hydrogen-bond donors (Lipinski definition) is 1. The van der Waals surface area contributed by atoms with Gasteiger partial charge in [0.25, 0.3) is 0 Å². The van der Waals surface area contributed by atoms with Crippen molar-refractivity contribution in [2.75, 3.05) is 45.2 Å². The van der Waals surface area contributed by atoms with Crippen molar-refractivity contribution in [2.45, 2.75) is 35.5 Å². The Morgan fingerprint density at radius 1 is 0.912 bits per heavy atom. The number of benzene rings is 2. The third-order valence-electron chi connectivity index (χ3n) is 5.59. The summed E-state index contributed by atoms with van der Waals surface area (Å²) in [6.45, 7) is 0.579. The van der Waals surface area contributed by atoms with E-state index in [0.717, 1.165) is 30.0 Å². The highest BCUT2D eigenvalue weighted by Gasteiger charge is 2.29. The Labute approximate surface area is 201 Å². The number of sulfonamides is 2. The van der Waals surface area contributed by atoms with Gasteiger partial charge in [0.1, 0.15) is 0 Å². The highest BCUT2D eigenvalue weighted by Crippen LogP contribution is 2.23. The van der Waals surface area contributed by atoms with E-state index in [0.29, 0.717) is 18.8 Å². The predicted molar refractivity (Wildman–Crippen MR) is 129 cm³/mol. The van der Waals surface area contributed by atoms with Gasteiger partial charge in [-0.1, -0.05) is 31.0 Å². The second kappa shape index (κ2) is 11.9. The third kappa shape index (κ3) is 6.63. The van der Waals surface area contributed by atoms with Crippen molar-refractivity contribution < 1.29 is 26.4 Å². The molecule has 0 aromatic heterocycles. The number of ether oxygens (including phenoxy) is 1. The van der Waals surface area contributed by atoms with E-state index in [1.54, 1.807) is 24.3 Å². The van der Waals surface area contributed by atoms with Crippen molar-refractivity contribution in [3.8, 4) is 0 Å². The summed E-state index contributed by atoms with van der Waals surface area (Å²) in [5, 5.41) is 2.67. The molecule has 0 atom stereocenters. The molecule has 1 aliphatic rings. The summed E-state index contributed by atoms with van der Waals surface area (Å²) in [5.74, 6) is -0.494. The number of methoxy groups -OCH3 is 1. The van der Waals surface area contributed by atoms with Gasteiger partial charge in [-0.15, -0.1) is 0 Å². The van der Waals surface area contributed by atoms with E-state index in [1.807, 2.05) is 6.07 Å². The second-order valence-electron chi connectivity index (χ2n) is 8.04. The number of carbonyl (C=O) groups is 1. The standard InChI is InChI=1S/C23H31N3O6S2/c1-32-18-17-26(19-23(27)24-20-9-5-4-6-10-20)34(30,31)22-13-11-21(12-14-22)33(28,29)25-15-7-2-3-8-16-25/h4-6,9-14H,2-3,7-8,15-19H2,1H3,(H,24,27). The molecule has 1 fully saturated rings. The minimum atomic E-state index is -4.07. The molecule has 2 aromatic rings. The summed E-state index contributed by atoms with van der Waals surface area (Å²) < 4.78 is 60.0. The molecule has 9 nitrogen and oxygen atoms in total. The maximum atomic E-state index is 13.3. The molecule has 1 saturated heterocycles. The number of amides is 1. The first-order valence-corrected chi connectivity index (χ1v) is 14.1. The SMILES string of the molecule is COCCN(CC(=O)Nc1ccccc1)S(=O)(=O)c1ccc(S(=O)(=O)N2CCCCCC2)cc1. The molecule has 0 spiro atoms. The molecule has 3 rings (SSSR count). The quantitative estimate of drug-likeness (QED) is 0.527. The number of hydrogen-bond acceptors (Lipinski definition) is 6. The molecule has 1 heterocycles. The van der Waals surface area contributed by atoms with Crippen molar-refractivity contribution in [3.05, 3.63) is 54.6 Å². The van der Waals surface area contributed by atoms with Crippen LogP contribution in [-0.2, 0) is 29.6 Å². The second-order valence-corrected chi connectivity index (χ2v) is 11.9. The Bertz CT molecular complexity index is 1140. The zero-order chi connectivity index (χ0) is 24.6. The highest BCUT2D eigenvalue weighted by atomic mass is 32.2. The lowest BCUT2D eigenvalue weighted by Gasteiger charge is -2.22. The summed E-state index contributed by atoms with van der Waals surface area (Å²) in [4.78, 5) is 12.5. The van der Waals surface area contributed by atoms with Crippen LogP contribution >= 0.6 is 0 Å². The predicted octanol–water partition coefficient (Wildman–Crippen LogP) is 2.53. The van der Waals surface area contributed by atoms with Crippen LogP contribution < -0.4 is 5.32 Å². The first kappa shape index (κ1) is 26.3. The van der Waals surface area contributed by atoms with Gasteiger partial charge < -0.3 is 10.1 Å². The van der Waals surface area contributed by atoms with Gasteiger partial charge in [-0.2, -0.15) is 8.61 Å². The van der Waals surface area contributed by atoms with Gasteiger partial charge in [-0.05, 0) is 49.2 Å². The van der Waals surface area contributed by atoms with Crippen molar-refractivity contribution in [2.24, 2.45) is 0 Å². The van der Waals surface area contributed by atoms with Crippen LogP contribution in [0.15, 0.2) is 64.4 Å². The largest absolute Gasteiger partial charge is 0.383 e. The molecule has 2 aromatic carbocycles. The van der Waals surface area contributed by atoms with Gasteiger partial charge in [0, 0.05) is 32.4 Å². The third-order valence-corrected chi connectivity index (χ3v) is 9.36. The number of anilines is 1. The molecule has 34 heavy (non-hydrogen) atoms. The lowest BCUT2D eigenvalue weighted by molar-refractivity contribution is -0.116. The average Bonchev–Trinajstić information content (AvgIpc) is 3.13. The van der Waals surface area contributed by atoms with E-state index in [2.05, 4.69) is 5.32 Å². The molecule has 0 aliphatic carbocycles. The van der Waals surface area contributed by atoms with E-state index in [-0.39, 0.29) is 22.9 Å². The van der Waals surface area contributed by atoms with Gasteiger partial charge in [-0.25, -0.2) is 16.8 Å². The summed E-state index contributed by atoms with van der Waals surface area (Å²) in [7, 11) is -6.32. The van der Waals surface area contributed by atoms with Crippen LogP contribution in [-0.4, -0.2) is 71.2 Å². The minimum Gasteiger partial charge on any atom is -0.383 e. The molecule has 1 amide bonds. The zero-order valence-electron chi connectivity index (χ0n) is 19.2. The topological polar surface area (TPSA) is 113 Å². The average molecular weight is 510 g/mol.